The van der Waals surface area contributed by atoms with Crippen molar-refractivity contribution in [3.8, 4) is 0 Å². The molecule has 110 valence electrons. The van der Waals surface area contributed by atoms with Crippen molar-refractivity contribution in [2.75, 3.05) is 0 Å². The highest BCUT2D eigenvalue weighted by Crippen LogP contribution is 2.19. The van der Waals surface area contributed by atoms with Gasteiger partial charge in [-0.05, 0) is 29.3 Å². The first-order chi connectivity index (χ1) is 10.8. The first-order valence-electron chi connectivity index (χ1n) is 6.82. The molecule has 1 aromatic heterocycles. The van der Waals surface area contributed by atoms with Gasteiger partial charge >= 0.3 is 0 Å². The average molecular weight is 311 g/mol. The lowest BCUT2D eigenvalue weighted by Crippen LogP contribution is -1.83. The van der Waals surface area contributed by atoms with E-state index < -0.39 is 0 Å². The van der Waals surface area contributed by atoms with E-state index >= 15 is 0 Å². The molecular formula is C17H14FN3S. The van der Waals surface area contributed by atoms with Crippen LogP contribution in [0.4, 0.5) is 4.39 Å². The Morgan fingerprint density at radius 3 is 2.73 bits per heavy atom. The number of aromatic nitrogens is 3. The molecule has 22 heavy (non-hydrogen) atoms. The first kappa shape index (κ1) is 14.5. The smallest absolute Gasteiger partial charge is 0.209 e. The molecular weight excluding hydrogens is 297 g/mol. The number of H-pyrrole nitrogens is 1. The van der Waals surface area contributed by atoms with Crippen LogP contribution in [-0.4, -0.2) is 15.2 Å². The standard InChI is InChI=1S/C17H14FN3S/c18-15-8-4-7-14(11-15)12-22-17-19-16(20-21-17)10-9-13-5-2-1-3-6-13/h1-11H,12H2,(H,19,20,21). The third-order valence-corrected chi connectivity index (χ3v) is 3.89. The fraction of sp³-hybridized carbons (Fsp3) is 0.0588. The summed E-state index contributed by atoms with van der Waals surface area (Å²) in [5.74, 6) is 1.11. The lowest BCUT2D eigenvalue weighted by molar-refractivity contribution is 0.626. The lowest BCUT2D eigenvalue weighted by Gasteiger charge is -1.97. The minimum atomic E-state index is -0.223. The number of hydrogen-bond donors (Lipinski definition) is 1. The molecule has 1 N–H and O–H groups in total. The zero-order valence-corrected chi connectivity index (χ0v) is 12.6. The quantitative estimate of drug-likeness (QED) is 0.710. The Balaban J connectivity index is 1.60. The maximum Gasteiger partial charge on any atom is 0.209 e. The van der Waals surface area contributed by atoms with Crippen molar-refractivity contribution in [2.45, 2.75) is 10.9 Å². The molecule has 0 aliphatic heterocycles. The number of benzene rings is 2. The van der Waals surface area contributed by atoms with Gasteiger partial charge in [-0.2, -0.15) is 0 Å². The van der Waals surface area contributed by atoms with Gasteiger partial charge in [-0.1, -0.05) is 60.3 Å². The summed E-state index contributed by atoms with van der Waals surface area (Å²) in [6.45, 7) is 0. The van der Waals surface area contributed by atoms with Crippen LogP contribution in [0.1, 0.15) is 17.0 Å². The average Bonchev–Trinajstić information content (AvgIpc) is 3.00. The van der Waals surface area contributed by atoms with Gasteiger partial charge in [0.05, 0.1) is 0 Å². The second kappa shape index (κ2) is 7.04. The number of hydrogen-bond acceptors (Lipinski definition) is 3. The number of rotatable bonds is 5. The molecule has 2 aromatic carbocycles. The van der Waals surface area contributed by atoms with E-state index in [1.807, 2.05) is 48.6 Å². The monoisotopic (exact) mass is 311 g/mol. The summed E-state index contributed by atoms with van der Waals surface area (Å²) in [5, 5.41) is 7.68. The molecule has 3 rings (SSSR count). The number of nitrogens with zero attached hydrogens (tertiary/aromatic N) is 2. The second-order valence-corrected chi connectivity index (χ2v) is 5.61. The molecule has 0 aliphatic carbocycles. The summed E-state index contributed by atoms with van der Waals surface area (Å²) in [4.78, 5) is 4.38. The van der Waals surface area contributed by atoms with E-state index in [1.54, 1.807) is 6.07 Å². The zero-order chi connectivity index (χ0) is 15.2. The van der Waals surface area contributed by atoms with Crippen molar-refractivity contribution < 1.29 is 4.39 Å². The highest BCUT2D eigenvalue weighted by Gasteiger charge is 2.03. The van der Waals surface area contributed by atoms with Crippen molar-refractivity contribution in [2.24, 2.45) is 0 Å². The molecule has 0 saturated carbocycles. The van der Waals surface area contributed by atoms with Crippen molar-refractivity contribution >= 4 is 23.9 Å². The van der Waals surface area contributed by atoms with Gasteiger partial charge in [-0.25, -0.2) is 9.37 Å². The zero-order valence-electron chi connectivity index (χ0n) is 11.7. The molecule has 3 aromatic rings. The predicted molar refractivity (Wildman–Crippen MR) is 87.7 cm³/mol. The topological polar surface area (TPSA) is 41.6 Å². The van der Waals surface area contributed by atoms with Crippen LogP contribution in [-0.2, 0) is 5.75 Å². The van der Waals surface area contributed by atoms with Crippen LogP contribution in [0.15, 0.2) is 59.8 Å². The first-order valence-corrected chi connectivity index (χ1v) is 7.81. The highest BCUT2D eigenvalue weighted by atomic mass is 32.2. The molecule has 0 fully saturated rings. The van der Waals surface area contributed by atoms with Crippen LogP contribution < -0.4 is 0 Å². The largest absolute Gasteiger partial charge is 0.259 e. The van der Waals surface area contributed by atoms with Crippen LogP contribution >= 0.6 is 11.8 Å². The van der Waals surface area contributed by atoms with Crippen LogP contribution in [0.5, 0.6) is 0 Å². The Morgan fingerprint density at radius 1 is 1.05 bits per heavy atom. The number of aromatic amines is 1. The van der Waals surface area contributed by atoms with Crippen LogP contribution in [0.3, 0.4) is 0 Å². The molecule has 0 atom stereocenters. The Morgan fingerprint density at radius 2 is 1.91 bits per heavy atom. The normalized spacial score (nSPS) is 11.1. The van der Waals surface area contributed by atoms with Crippen molar-refractivity contribution in [3.05, 3.63) is 77.4 Å². The summed E-state index contributed by atoms with van der Waals surface area (Å²) in [5.41, 5.74) is 2.02. The van der Waals surface area contributed by atoms with Crippen LogP contribution in [0.2, 0.25) is 0 Å². The number of nitrogens with one attached hydrogen (secondary N) is 1. The molecule has 0 bridgehead atoms. The van der Waals surface area contributed by atoms with Crippen molar-refractivity contribution in [3.63, 3.8) is 0 Å². The van der Waals surface area contributed by atoms with E-state index in [0.717, 1.165) is 11.1 Å². The Kier molecular flexibility index (Phi) is 4.65. The van der Waals surface area contributed by atoms with Crippen LogP contribution in [0.25, 0.3) is 12.2 Å². The minimum absolute atomic E-state index is 0.223. The summed E-state index contributed by atoms with van der Waals surface area (Å²) in [7, 11) is 0. The molecule has 0 unspecified atom stereocenters. The fourth-order valence-electron chi connectivity index (χ4n) is 1.91. The van der Waals surface area contributed by atoms with Crippen LogP contribution in [0, 0.1) is 5.82 Å². The maximum atomic E-state index is 13.1. The summed E-state index contributed by atoms with van der Waals surface area (Å²) < 4.78 is 13.1. The molecule has 5 heteroatoms. The predicted octanol–water partition coefficient (Wildman–Crippen LogP) is 4.41. The SMILES string of the molecule is Fc1cccc(CSc2n[nH]c(C=Cc3ccccc3)n2)c1. The van der Waals surface area contributed by atoms with Gasteiger partial charge in [0.15, 0.2) is 0 Å². The van der Waals surface area contributed by atoms with Crippen molar-refractivity contribution in [1.82, 2.24) is 15.2 Å². The molecule has 0 aliphatic rings. The third kappa shape index (κ3) is 4.05. The summed E-state index contributed by atoms with van der Waals surface area (Å²) >= 11 is 1.47. The molecule has 3 nitrogen and oxygen atoms in total. The second-order valence-electron chi connectivity index (χ2n) is 4.67. The Bertz CT molecular complexity index is 768. The molecule has 0 spiro atoms. The van der Waals surface area contributed by atoms with Gasteiger partial charge in [-0.15, -0.1) is 5.10 Å². The van der Waals surface area contributed by atoms with Gasteiger partial charge in [-0.3, -0.25) is 5.10 Å². The number of halogens is 1. The van der Waals surface area contributed by atoms with E-state index in [4.69, 9.17) is 0 Å². The van der Waals surface area contributed by atoms with Gasteiger partial charge < -0.3 is 0 Å². The summed E-state index contributed by atoms with van der Waals surface area (Å²) in [6, 6.07) is 16.5. The highest BCUT2D eigenvalue weighted by molar-refractivity contribution is 7.98. The molecule has 1 heterocycles. The van der Waals surface area contributed by atoms with Gasteiger partial charge in [0.2, 0.25) is 5.16 Å². The molecule has 0 radical (unpaired) electrons. The maximum absolute atomic E-state index is 13.1. The minimum Gasteiger partial charge on any atom is -0.259 e. The van der Waals surface area contributed by atoms with E-state index in [0.29, 0.717) is 16.7 Å². The molecule has 0 amide bonds. The Labute approximate surface area is 132 Å². The van der Waals surface area contributed by atoms with Gasteiger partial charge in [0, 0.05) is 5.75 Å². The third-order valence-electron chi connectivity index (χ3n) is 2.97. The van der Waals surface area contributed by atoms with E-state index in [9.17, 15) is 4.39 Å². The van der Waals surface area contributed by atoms with E-state index in [-0.39, 0.29) is 5.82 Å². The van der Waals surface area contributed by atoms with Gasteiger partial charge in [0.25, 0.3) is 0 Å². The number of thioether (sulfide) groups is 1. The Hall–Kier alpha value is -2.40. The molecule has 0 saturated heterocycles. The van der Waals surface area contributed by atoms with E-state index in [2.05, 4.69) is 15.2 Å². The fourth-order valence-corrected chi connectivity index (χ4v) is 2.66. The van der Waals surface area contributed by atoms with Crippen molar-refractivity contribution in [1.29, 1.82) is 0 Å². The van der Waals surface area contributed by atoms with Gasteiger partial charge in [0.1, 0.15) is 11.6 Å². The van der Waals surface area contributed by atoms with E-state index in [1.165, 1.54) is 23.9 Å². The lowest BCUT2D eigenvalue weighted by atomic mass is 10.2. The summed E-state index contributed by atoms with van der Waals surface area (Å²) in [6.07, 6.45) is 3.86.